The van der Waals surface area contributed by atoms with E-state index in [9.17, 15) is 9.59 Å². The maximum Gasteiger partial charge on any atom is 0.297 e. The van der Waals surface area contributed by atoms with Gasteiger partial charge in [-0.25, -0.2) is 0 Å². The van der Waals surface area contributed by atoms with Gasteiger partial charge in [-0.15, -0.1) is 10.2 Å². The Morgan fingerprint density at radius 1 is 1.16 bits per heavy atom. The highest BCUT2D eigenvalue weighted by Crippen LogP contribution is 2.44. The van der Waals surface area contributed by atoms with Crippen LogP contribution in [0.2, 0.25) is 0 Å². The highest BCUT2D eigenvalue weighted by molar-refractivity contribution is 7.15. The van der Waals surface area contributed by atoms with E-state index in [2.05, 4.69) is 10.2 Å². The lowest BCUT2D eigenvalue weighted by molar-refractivity contribution is 0.0970. The van der Waals surface area contributed by atoms with Crippen LogP contribution in [0.15, 0.2) is 51.7 Å². The Hall–Kier alpha value is -3.52. The van der Waals surface area contributed by atoms with Crippen LogP contribution in [-0.2, 0) is 6.42 Å². The molecule has 1 aliphatic rings. The molecule has 1 amide bonds. The number of hydrogen-bond donors (Lipinski definition) is 0. The number of aromatic nitrogens is 2. The summed E-state index contributed by atoms with van der Waals surface area (Å²) >= 11 is 1.33. The van der Waals surface area contributed by atoms with E-state index in [1.807, 2.05) is 38.1 Å². The van der Waals surface area contributed by atoms with Crippen molar-refractivity contribution in [3.8, 4) is 5.75 Å². The van der Waals surface area contributed by atoms with E-state index in [4.69, 9.17) is 9.15 Å². The van der Waals surface area contributed by atoms with Gasteiger partial charge in [0.1, 0.15) is 22.4 Å². The van der Waals surface area contributed by atoms with Crippen LogP contribution in [0.4, 0.5) is 5.13 Å². The Morgan fingerprint density at radius 3 is 2.71 bits per heavy atom. The number of hydrogen-bond acceptors (Lipinski definition) is 7. The zero-order valence-electron chi connectivity index (χ0n) is 17.2. The van der Waals surface area contributed by atoms with Crippen LogP contribution in [0.25, 0.3) is 11.0 Å². The fourth-order valence-electron chi connectivity index (χ4n) is 3.96. The molecule has 0 saturated carbocycles. The Kier molecular flexibility index (Phi) is 4.59. The zero-order chi connectivity index (χ0) is 21.7. The second-order valence-electron chi connectivity index (χ2n) is 7.33. The quantitative estimate of drug-likeness (QED) is 0.478. The minimum absolute atomic E-state index is 0.0329. The van der Waals surface area contributed by atoms with Crippen LogP contribution in [0, 0.1) is 6.92 Å². The number of ether oxygens (including phenoxy) is 1. The fraction of sp³-hybridized carbons (Fsp3) is 0.217. The van der Waals surface area contributed by atoms with E-state index in [0.717, 1.165) is 10.6 Å². The molecule has 1 atom stereocenters. The number of carbonyl (C=O) groups excluding carboxylic acids is 1. The SMILES string of the molecule is CCc1nnc(N2C(=O)c3oc4ccc(C)cc4c(=O)c3[C@@H]2c2ccccc2OC)s1. The van der Waals surface area contributed by atoms with Gasteiger partial charge in [-0.05, 0) is 31.5 Å². The molecule has 0 spiro atoms. The van der Waals surface area contributed by atoms with Crippen molar-refractivity contribution >= 4 is 33.3 Å². The largest absolute Gasteiger partial charge is 0.496 e. The second-order valence-corrected chi connectivity index (χ2v) is 8.37. The van der Waals surface area contributed by atoms with Gasteiger partial charge in [0, 0.05) is 5.56 Å². The highest BCUT2D eigenvalue weighted by Gasteiger charge is 2.46. The van der Waals surface area contributed by atoms with Gasteiger partial charge in [-0.1, -0.05) is 48.1 Å². The lowest BCUT2D eigenvalue weighted by Crippen LogP contribution is -2.29. The second kappa shape index (κ2) is 7.31. The number of rotatable bonds is 4. The van der Waals surface area contributed by atoms with Gasteiger partial charge in [0.2, 0.25) is 10.9 Å². The van der Waals surface area contributed by atoms with Gasteiger partial charge < -0.3 is 9.15 Å². The number of benzene rings is 2. The van der Waals surface area contributed by atoms with E-state index in [-0.39, 0.29) is 11.2 Å². The molecule has 0 fully saturated rings. The number of fused-ring (bicyclic) bond motifs is 2. The summed E-state index contributed by atoms with van der Waals surface area (Å²) in [6.45, 7) is 3.89. The molecule has 0 radical (unpaired) electrons. The van der Waals surface area contributed by atoms with Crippen LogP contribution in [0.1, 0.15) is 45.2 Å². The monoisotopic (exact) mass is 433 g/mol. The molecule has 8 heteroatoms. The number of methoxy groups -OCH3 is 1. The van der Waals surface area contributed by atoms with Gasteiger partial charge in [-0.2, -0.15) is 0 Å². The summed E-state index contributed by atoms with van der Waals surface area (Å²) in [4.78, 5) is 28.7. The number of para-hydroxylation sites is 1. The molecule has 5 rings (SSSR count). The lowest BCUT2D eigenvalue weighted by Gasteiger charge is -2.23. The van der Waals surface area contributed by atoms with E-state index in [1.54, 1.807) is 25.3 Å². The minimum atomic E-state index is -0.725. The molecule has 4 aromatic rings. The summed E-state index contributed by atoms with van der Waals surface area (Å²) in [6, 6.07) is 12.0. The number of anilines is 1. The van der Waals surface area contributed by atoms with Gasteiger partial charge in [-0.3, -0.25) is 14.5 Å². The van der Waals surface area contributed by atoms with Crippen LogP contribution in [0.3, 0.4) is 0 Å². The third-order valence-corrected chi connectivity index (χ3v) is 6.49. The number of aryl methyl sites for hydroxylation is 2. The molecule has 2 aromatic heterocycles. The van der Waals surface area contributed by atoms with Crippen LogP contribution in [-0.4, -0.2) is 23.2 Å². The van der Waals surface area contributed by atoms with Crippen molar-refractivity contribution in [1.29, 1.82) is 0 Å². The Balaban J connectivity index is 1.83. The van der Waals surface area contributed by atoms with E-state index < -0.39 is 11.9 Å². The Bertz CT molecular complexity index is 1390. The number of amides is 1. The molecule has 3 heterocycles. The predicted molar refractivity (Wildman–Crippen MR) is 118 cm³/mol. The fourth-order valence-corrected chi connectivity index (χ4v) is 4.76. The highest BCUT2D eigenvalue weighted by atomic mass is 32.1. The molecular weight excluding hydrogens is 414 g/mol. The molecule has 1 aliphatic heterocycles. The standard InChI is InChI=1S/C23H19N3O4S/c1-4-17-24-25-23(31-17)26-19(13-7-5-6-8-15(13)29-3)18-20(27)14-11-12(2)9-10-16(14)30-21(18)22(26)28/h5-11,19H,4H2,1-3H3/t19-/m0/s1. The summed E-state index contributed by atoms with van der Waals surface area (Å²) in [5, 5.41) is 10.1. The molecule has 156 valence electrons. The molecule has 2 aromatic carbocycles. The molecule has 0 saturated heterocycles. The Labute approximate surface area is 181 Å². The first-order valence-corrected chi connectivity index (χ1v) is 10.7. The van der Waals surface area contributed by atoms with Crippen molar-refractivity contribution < 1.29 is 13.9 Å². The van der Waals surface area contributed by atoms with E-state index >= 15 is 0 Å². The van der Waals surface area contributed by atoms with Crippen molar-refractivity contribution in [1.82, 2.24) is 10.2 Å². The predicted octanol–water partition coefficient (Wildman–Crippen LogP) is 4.27. The third-order valence-electron chi connectivity index (χ3n) is 5.42. The van der Waals surface area contributed by atoms with Crippen LogP contribution < -0.4 is 15.1 Å². The average molecular weight is 433 g/mol. The van der Waals surface area contributed by atoms with Gasteiger partial charge in [0.05, 0.1) is 18.1 Å². The summed E-state index contributed by atoms with van der Waals surface area (Å²) in [6.07, 6.45) is 0.701. The van der Waals surface area contributed by atoms with Gasteiger partial charge in [0.25, 0.3) is 5.91 Å². The van der Waals surface area contributed by atoms with Crippen molar-refractivity contribution in [2.45, 2.75) is 26.3 Å². The topological polar surface area (TPSA) is 85.5 Å². The van der Waals surface area contributed by atoms with Crippen LogP contribution >= 0.6 is 11.3 Å². The number of nitrogens with zero attached hydrogens (tertiary/aromatic N) is 3. The summed E-state index contributed by atoms with van der Waals surface area (Å²) in [7, 11) is 1.56. The van der Waals surface area contributed by atoms with Crippen molar-refractivity contribution in [2.75, 3.05) is 12.0 Å². The van der Waals surface area contributed by atoms with Crippen molar-refractivity contribution in [2.24, 2.45) is 0 Å². The van der Waals surface area contributed by atoms with Crippen molar-refractivity contribution in [3.05, 3.63) is 80.1 Å². The van der Waals surface area contributed by atoms with Gasteiger partial charge in [0.15, 0.2) is 5.43 Å². The minimum Gasteiger partial charge on any atom is -0.496 e. The smallest absolute Gasteiger partial charge is 0.297 e. The Morgan fingerprint density at radius 2 is 1.97 bits per heavy atom. The lowest BCUT2D eigenvalue weighted by atomic mass is 9.97. The number of carbonyl (C=O) groups is 1. The van der Waals surface area contributed by atoms with Crippen LogP contribution in [0.5, 0.6) is 5.75 Å². The van der Waals surface area contributed by atoms with E-state index in [1.165, 1.54) is 16.2 Å². The molecule has 0 unspecified atom stereocenters. The zero-order valence-corrected chi connectivity index (χ0v) is 18.0. The first-order chi connectivity index (χ1) is 15.0. The normalized spacial score (nSPS) is 15.5. The third kappa shape index (κ3) is 2.94. The molecule has 0 N–H and O–H groups in total. The average Bonchev–Trinajstić information content (AvgIpc) is 3.37. The molecule has 7 nitrogen and oxygen atoms in total. The summed E-state index contributed by atoms with van der Waals surface area (Å²) in [5.74, 6) is 0.192. The first kappa shape index (κ1) is 19.4. The molecule has 0 aliphatic carbocycles. The van der Waals surface area contributed by atoms with E-state index in [0.29, 0.717) is 39.4 Å². The molecule has 31 heavy (non-hydrogen) atoms. The maximum atomic E-state index is 13.6. The maximum absolute atomic E-state index is 13.6. The molecular formula is C23H19N3O4S. The molecule has 0 bridgehead atoms. The van der Waals surface area contributed by atoms with Crippen molar-refractivity contribution in [3.63, 3.8) is 0 Å². The van der Waals surface area contributed by atoms with Gasteiger partial charge >= 0.3 is 0 Å². The first-order valence-electron chi connectivity index (χ1n) is 9.89. The summed E-state index contributed by atoms with van der Waals surface area (Å²) < 4.78 is 11.5. The summed E-state index contributed by atoms with van der Waals surface area (Å²) in [5.41, 5.74) is 2.07.